The van der Waals surface area contributed by atoms with Crippen molar-refractivity contribution < 1.29 is 4.74 Å². The molecule has 0 aliphatic heterocycles. The summed E-state index contributed by atoms with van der Waals surface area (Å²) in [7, 11) is 0. The lowest BCUT2D eigenvalue weighted by atomic mass is 10.2. The van der Waals surface area contributed by atoms with Gasteiger partial charge in [0.2, 0.25) is 0 Å². The van der Waals surface area contributed by atoms with Gasteiger partial charge >= 0.3 is 0 Å². The second kappa shape index (κ2) is 7.25. The number of hydrogen-bond acceptors (Lipinski definition) is 3. The number of anilines is 1. The zero-order valence-electron chi connectivity index (χ0n) is 10.2. The second-order valence-electron chi connectivity index (χ2n) is 3.69. The summed E-state index contributed by atoms with van der Waals surface area (Å²) in [6, 6.07) is 10.4. The van der Waals surface area contributed by atoms with Crippen molar-refractivity contribution in [2.45, 2.75) is 20.0 Å². The zero-order valence-corrected chi connectivity index (χ0v) is 10.2. The lowest BCUT2D eigenvalue weighted by Crippen LogP contribution is -2.38. The SMILES string of the molecule is CCOC(CN)CN(CC)c1ccccc1. The van der Waals surface area contributed by atoms with Crippen LogP contribution >= 0.6 is 0 Å². The van der Waals surface area contributed by atoms with E-state index in [4.69, 9.17) is 10.5 Å². The van der Waals surface area contributed by atoms with Gasteiger partial charge in [-0.3, -0.25) is 0 Å². The summed E-state index contributed by atoms with van der Waals surface area (Å²) in [4.78, 5) is 2.28. The zero-order chi connectivity index (χ0) is 11.8. The van der Waals surface area contributed by atoms with Crippen LogP contribution in [0.25, 0.3) is 0 Å². The summed E-state index contributed by atoms with van der Waals surface area (Å²) in [6.45, 7) is 7.25. The Kier molecular flexibility index (Phi) is 5.90. The fourth-order valence-electron chi connectivity index (χ4n) is 1.73. The quantitative estimate of drug-likeness (QED) is 0.765. The summed E-state index contributed by atoms with van der Waals surface area (Å²) in [6.07, 6.45) is 0.116. The van der Waals surface area contributed by atoms with Crippen LogP contribution in [0.1, 0.15) is 13.8 Å². The number of hydrogen-bond donors (Lipinski definition) is 1. The molecule has 3 heteroatoms. The van der Waals surface area contributed by atoms with Crippen molar-refractivity contribution in [2.75, 3.05) is 31.1 Å². The second-order valence-corrected chi connectivity index (χ2v) is 3.69. The molecule has 0 aliphatic rings. The highest BCUT2D eigenvalue weighted by molar-refractivity contribution is 5.45. The third-order valence-electron chi connectivity index (χ3n) is 2.59. The Morgan fingerprint density at radius 2 is 1.94 bits per heavy atom. The number of nitrogens with zero attached hydrogens (tertiary/aromatic N) is 1. The normalized spacial score (nSPS) is 12.4. The molecule has 1 aromatic carbocycles. The molecule has 16 heavy (non-hydrogen) atoms. The van der Waals surface area contributed by atoms with Crippen molar-refractivity contribution in [3.05, 3.63) is 30.3 Å². The number of likely N-dealkylation sites (N-methyl/N-ethyl adjacent to an activating group) is 1. The van der Waals surface area contributed by atoms with Gasteiger partial charge in [0.05, 0.1) is 6.10 Å². The van der Waals surface area contributed by atoms with E-state index in [0.29, 0.717) is 13.2 Å². The Labute approximate surface area is 98.2 Å². The van der Waals surface area contributed by atoms with Gasteiger partial charge < -0.3 is 15.4 Å². The molecular weight excluding hydrogens is 200 g/mol. The lowest BCUT2D eigenvalue weighted by Gasteiger charge is -2.27. The van der Waals surface area contributed by atoms with E-state index in [1.54, 1.807) is 0 Å². The van der Waals surface area contributed by atoms with Crippen molar-refractivity contribution in [3.8, 4) is 0 Å². The van der Waals surface area contributed by atoms with E-state index in [1.165, 1.54) is 5.69 Å². The summed E-state index contributed by atoms with van der Waals surface area (Å²) >= 11 is 0. The van der Waals surface area contributed by atoms with Crippen LogP contribution in [-0.4, -0.2) is 32.3 Å². The van der Waals surface area contributed by atoms with Crippen LogP contribution in [0.4, 0.5) is 5.69 Å². The lowest BCUT2D eigenvalue weighted by molar-refractivity contribution is 0.0738. The molecule has 0 aromatic heterocycles. The Morgan fingerprint density at radius 1 is 1.25 bits per heavy atom. The molecule has 1 unspecified atom stereocenters. The van der Waals surface area contributed by atoms with Gasteiger partial charge in [0.1, 0.15) is 0 Å². The largest absolute Gasteiger partial charge is 0.375 e. The molecule has 1 aromatic rings. The first kappa shape index (κ1) is 13.0. The van der Waals surface area contributed by atoms with Crippen LogP contribution in [0.2, 0.25) is 0 Å². The first-order chi connectivity index (χ1) is 7.81. The number of para-hydroxylation sites is 1. The Balaban J connectivity index is 2.61. The molecule has 0 heterocycles. The van der Waals surface area contributed by atoms with E-state index in [9.17, 15) is 0 Å². The van der Waals surface area contributed by atoms with E-state index in [-0.39, 0.29) is 6.10 Å². The van der Waals surface area contributed by atoms with Gasteiger partial charge in [-0.15, -0.1) is 0 Å². The summed E-state index contributed by atoms with van der Waals surface area (Å²) in [5.74, 6) is 0. The predicted molar refractivity (Wildman–Crippen MR) is 68.8 cm³/mol. The van der Waals surface area contributed by atoms with Crippen molar-refractivity contribution in [1.29, 1.82) is 0 Å². The molecule has 0 saturated carbocycles. The predicted octanol–water partition coefficient (Wildman–Crippen LogP) is 1.88. The third-order valence-corrected chi connectivity index (χ3v) is 2.59. The minimum Gasteiger partial charge on any atom is -0.375 e. The first-order valence-electron chi connectivity index (χ1n) is 5.93. The van der Waals surface area contributed by atoms with Crippen molar-refractivity contribution >= 4 is 5.69 Å². The van der Waals surface area contributed by atoms with Crippen LogP contribution in [0.15, 0.2) is 30.3 Å². The minimum absolute atomic E-state index is 0.116. The molecule has 0 radical (unpaired) electrons. The molecule has 90 valence electrons. The van der Waals surface area contributed by atoms with Crippen molar-refractivity contribution in [2.24, 2.45) is 5.73 Å². The minimum atomic E-state index is 0.116. The monoisotopic (exact) mass is 222 g/mol. The summed E-state index contributed by atoms with van der Waals surface area (Å²) in [5.41, 5.74) is 6.91. The molecule has 0 spiro atoms. The molecule has 0 fully saturated rings. The van der Waals surface area contributed by atoms with Crippen LogP contribution in [0.5, 0.6) is 0 Å². The molecule has 0 saturated heterocycles. The molecule has 0 amide bonds. The number of nitrogens with two attached hydrogens (primary N) is 1. The smallest absolute Gasteiger partial charge is 0.0871 e. The first-order valence-corrected chi connectivity index (χ1v) is 5.93. The molecule has 3 nitrogen and oxygen atoms in total. The standard InChI is InChI=1S/C13H22N2O/c1-3-15(11-13(10-14)16-4-2)12-8-6-5-7-9-12/h5-9,13H,3-4,10-11,14H2,1-2H3. The van der Waals surface area contributed by atoms with Gasteiger partial charge in [-0.05, 0) is 26.0 Å². The van der Waals surface area contributed by atoms with Gasteiger partial charge in [0, 0.05) is 31.9 Å². The van der Waals surface area contributed by atoms with Crippen molar-refractivity contribution in [3.63, 3.8) is 0 Å². The van der Waals surface area contributed by atoms with E-state index >= 15 is 0 Å². The van der Waals surface area contributed by atoms with E-state index in [2.05, 4.69) is 36.1 Å². The Morgan fingerprint density at radius 3 is 2.44 bits per heavy atom. The Bertz CT molecular complexity index is 277. The summed E-state index contributed by atoms with van der Waals surface area (Å²) in [5, 5.41) is 0. The van der Waals surface area contributed by atoms with Crippen LogP contribution in [-0.2, 0) is 4.74 Å². The van der Waals surface area contributed by atoms with E-state index in [0.717, 1.165) is 13.1 Å². The Hall–Kier alpha value is -1.06. The summed E-state index contributed by atoms with van der Waals surface area (Å²) < 4.78 is 5.58. The molecule has 1 atom stereocenters. The average molecular weight is 222 g/mol. The third kappa shape index (κ3) is 3.83. The van der Waals surface area contributed by atoms with E-state index < -0.39 is 0 Å². The highest BCUT2D eigenvalue weighted by Crippen LogP contribution is 2.13. The van der Waals surface area contributed by atoms with Gasteiger partial charge in [0.25, 0.3) is 0 Å². The maximum absolute atomic E-state index is 5.69. The van der Waals surface area contributed by atoms with E-state index in [1.807, 2.05) is 13.0 Å². The van der Waals surface area contributed by atoms with Gasteiger partial charge in [-0.1, -0.05) is 18.2 Å². The van der Waals surface area contributed by atoms with Crippen LogP contribution in [0.3, 0.4) is 0 Å². The maximum Gasteiger partial charge on any atom is 0.0871 e. The molecule has 0 aliphatic carbocycles. The molecule has 0 bridgehead atoms. The number of ether oxygens (including phenoxy) is 1. The fourth-order valence-corrected chi connectivity index (χ4v) is 1.73. The number of benzene rings is 1. The molecular formula is C13H22N2O. The highest BCUT2D eigenvalue weighted by atomic mass is 16.5. The average Bonchev–Trinajstić information content (AvgIpc) is 2.35. The van der Waals surface area contributed by atoms with Gasteiger partial charge in [-0.2, -0.15) is 0 Å². The molecule has 2 N–H and O–H groups in total. The number of rotatable bonds is 7. The van der Waals surface area contributed by atoms with Crippen LogP contribution in [0, 0.1) is 0 Å². The topological polar surface area (TPSA) is 38.5 Å². The van der Waals surface area contributed by atoms with Crippen LogP contribution < -0.4 is 10.6 Å². The fraction of sp³-hybridized carbons (Fsp3) is 0.538. The highest BCUT2D eigenvalue weighted by Gasteiger charge is 2.11. The van der Waals surface area contributed by atoms with Gasteiger partial charge in [0.15, 0.2) is 0 Å². The molecule has 1 rings (SSSR count). The van der Waals surface area contributed by atoms with Gasteiger partial charge in [-0.25, -0.2) is 0 Å². The van der Waals surface area contributed by atoms with Crippen molar-refractivity contribution in [1.82, 2.24) is 0 Å². The maximum atomic E-state index is 5.69.